The monoisotopic (exact) mass is 651 g/mol. The Morgan fingerprint density at radius 2 is 1.55 bits per heavy atom. The van der Waals surface area contributed by atoms with Gasteiger partial charge in [0.2, 0.25) is 11.8 Å². The van der Waals surface area contributed by atoms with Crippen LogP contribution in [0.4, 0.5) is 10.1 Å². The first kappa shape index (κ1) is 29.6. The van der Waals surface area contributed by atoms with Crippen molar-refractivity contribution in [2.24, 2.45) is 0 Å². The van der Waals surface area contributed by atoms with Crippen molar-refractivity contribution in [3.63, 3.8) is 0 Å². The average Bonchev–Trinajstić information content (AvgIpc) is 2.91. The molecule has 38 heavy (non-hydrogen) atoms. The number of benzene rings is 3. The minimum absolute atomic E-state index is 0.000118. The lowest BCUT2D eigenvalue weighted by atomic mass is 10.1. The van der Waals surface area contributed by atoms with E-state index in [1.54, 1.807) is 49.4 Å². The Balaban J connectivity index is 2.00. The fourth-order valence-electron chi connectivity index (χ4n) is 3.69. The molecule has 0 radical (unpaired) electrons. The van der Waals surface area contributed by atoms with E-state index in [-0.39, 0.29) is 23.4 Å². The van der Waals surface area contributed by atoms with Gasteiger partial charge in [-0.05, 0) is 97.0 Å². The van der Waals surface area contributed by atoms with Crippen LogP contribution in [0.5, 0.6) is 0 Å². The van der Waals surface area contributed by atoms with Gasteiger partial charge in [-0.15, -0.1) is 0 Å². The maximum absolute atomic E-state index is 13.8. The third-order valence-electron chi connectivity index (χ3n) is 6.16. The molecule has 0 heterocycles. The molecule has 0 aromatic heterocycles. The summed E-state index contributed by atoms with van der Waals surface area (Å²) in [5, 5.41) is 2.88. The summed E-state index contributed by atoms with van der Waals surface area (Å²) in [6.45, 7) is 4.87. The number of amides is 2. The molecule has 3 rings (SSSR count). The van der Waals surface area contributed by atoms with Gasteiger partial charge in [0.15, 0.2) is 0 Å². The second-order valence-corrected chi connectivity index (χ2v) is 12.1. The number of rotatable bonds is 11. The molecule has 0 saturated heterocycles. The lowest BCUT2D eigenvalue weighted by Crippen LogP contribution is -2.52. The molecule has 0 spiro atoms. The highest BCUT2D eigenvalue weighted by Gasteiger charge is 2.32. The van der Waals surface area contributed by atoms with E-state index in [0.29, 0.717) is 17.7 Å². The van der Waals surface area contributed by atoms with E-state index in [1.807, 2.05) is 13.8 Å². The van der Waals surface area contributed by atoms with Gasteiger partial charge in [0.05, 0.1) is 10.6 Å². The number of anilines is 1. The van der Waals surface area contributed by atoms with Crippen LogP contribution in [-0.4, -0.2) is 43.8 Å². The Labute approximate surface area is 237 Å². The summed E-state index contributed by atoms with van der Waals surface area (Å²) < 4.78 is 42.9. The van der Waals surface area contributed by atoms with Gasteiger partial charge in [-0.3, -0.25) is 13.9 Å². The minimum Gasteiger partial charge on any atom is -0.352 e. The van der Waals surface area contributed by atoms with E-state index < -0.39 is 34.3 Å². The maximum atomic E-state index is 13.8. The van der Waals surface area contributed by atoms with Crippen LogP contribution in [0, 0.1) is 9.39 Å². The molecule has 0 aliphatic heterocycles. The van der Waals surface area contributed by atoms with Crippen molar-refractivity contribution in [2.75, 3.05) is 10.8 Å². The van der Waals surface area contributed by atoms with Crippen LogP contribution in [0.2, 0.25) is 0 Å². The average molecular weight is 652 g/mol. The van der Waals surface area contributed by atoms with Crippen molar-refractivity contribution < 1.29 is 22.4 Å². The molecule has 0 fully saturated rings. The first-order valence-corrected chi connectivity index (χ1v) is 14.7. The number of carbonyl (C=O) groups excluding carboxylic acids is 2. The zero-order valence-electron chi connectivity index (χ0n) is 21.5. The van der Waals surface area contributed by atoms with Crippen LogP contribution in [0.15, 0.2) is 83.8 Å². The maximum Gasteiger partial charge on any atom is 0.264 e. The number of nitrogens with zero attached hydrogens (tertiary/aromatic N) is 2. The topological polar surface area (TPSA) is 86.8 Å². The summed E-state index contributed by atoms with van der Waals surface area (Å²) in [6.07, 6.45) is 0.709. The summed E-state index contributed by atoms with van der Waals surface area (Å²) in [5.41, 5.74) is 0.927. The third kappa shape index (κ3) is 7.53. The summed E-state index contributed by atoms with van der Waals surface area (Å²) in [4.78, 5) is 28.2. The van der Waals surface area contributed by atoms with Gasteiger partial charge in [0, 0.05) is 16.2 Å². The van der Waals surface area contributed by atoms with Crippen LogP contribution in [0.25, 0.3) is 0 Å². The van der Waals surface area contributed by atoms with Crippen LogP contribution in [-0.2, 0) is 26.2 Å². The van der Waals surface area contributed by atoms with Crippen LogP contribution >= 0.6 is 22.6 Å². The number of hydrogen-bond donors (Lipinski definition) is 1. The van der Waals surface area contributed by atoms with E-state index >= 15 is 0 Å². The van der Waals surface area contributed by atoms with Gasteiger partial charge in [-0.2, -0.15) is 0 Å². The highest BCUT2D eigenvalue weighted by Crippen LogP contribution is 2.25. The van der Waals surface area contributed by atoms with E-state index in [2.05, 4.69) is 27.9 Å². The van der Waals surface area contributed by atoms with E-state index in [4.69, 9.17) is 0 Å². The molecule has 10 heteroatoms. The molecule has 0 saturated carbocycles. The van der Waals surface area contributed by atoms with Crippen molar-refractivity contribution in [1.29, 1.82) is 0 Å². The first-order valence-electron chi connectivity index (χ1n) is 12.2. The number of sulfonamides is 1. The number of halogens is 2. The van der Waals surface area contributed by atoms with Crippen molar-refractivity contribution >= 4 is 50.1 Å². The predicted molar refractivity (Wildman–Crippen MR) is 154 cm³/mol. The molecular weight excluding hydrogens is 620 g/mol. The zero-order valence-corrected chi connectivity index (χ0v) is 24.4. The van der Waals surface area contributed by atoms with E-state index in [0.717, 1.165) is 7.88 Å². The molecule has 2 atom stereocenters. The minimum atomic E-state index is -4.11. The Hall–Kier alpha value is -2.99. The lowest BCUT2D eigenvalue weighted by molar-refractivity contribution is -0.139. The molecule has 2 amide bonds. The van der Waals surface area contributed by atoms with Gasteiger partial charge in [0.1, 0.15) is 18.4 Å². The standard InChI is InChI=1S/C28H31FIN3O4S/c1-4-20(2)31-28(35)21(3)32(18-22-10-12-23(29)13-11-22)27(34)19-33(25-16-14-24(30)15-17-25)38(36,37)26-8-6-5-7-9-26/h5-17,20-21H,4,18-19H2,1-3H3,(H,31,35)/t20-,21+/m0/s1. The third-order valence-corrected chi connectivity index (χ3v) is 8.67. The Morgan fingerprint density at radius 3 is 2.13 bits per heavy atom. The Morgan fingerprint density at radius 1 is 0.947 bits per heavy atom. The summed E-state index contributed by atoms with van der Waals surface area (Å²) in [5.74, 6) is -1.35. The van der Waals surface area contributed by atoms with Crippen LogP contribution < -0.4 is 9.62 Å². The van der Waals surface area contributed by atoms with Crippen LogP contribution in [0.3, 0.4) is 0 Å². The van der Waals surface area contributed by atoms with Gasteiger partial charge in [-0.1, -0.05) is 37.3 Å². The normalized spacial score (nSPS) is 12.9. The largest absolute Gasteiger partial charge is 0.352 e. The number of hydrogen-bond acceptors (Lipinski definition) is 4. The van der Waals surface area contributed by atoms with Crippen molar-refractivity contribution in [1.82, 2.24) is 10.2 Å². The Kier molecular flexibility index (Phi) is 10.3. The van der Waals surface area contributed by atoms with Crippen molar-refractivity contribution in [3.05, 3.63) is 93.8 Å². The second-order valence-electron chi connectivity index (χ2n) is 8.94. The second kappa shape index (κ2) is 13.2. The molecule has 7 nitrogen and oxygen atoms in total. The molecule has 0 aliphatic rings. The van der Waals surface area contributed by atoms with E-state index in [1.165, 1.54) is 41.3 Å². The SMILES string of the molecule is CC[C@H](C)NC(=O)[C@@H](C)N(Cc1ccc(F)cc1)C(=O)CN(c1ccc(I)cc1)S(=O)(=O)c1ccccc1. The summed E-state index contributed by atoms with van der Waals surface area (Å²) in [7, 11) is -4.11. The molecule has 3 aromatic carbocycles. The van der Waals surface area contributed by atoms with Gasteiger partial charge in [0.25, 0.3) is 10.0 Å². The lowest BCUT2D eigenvalue weighted by Gasteiger charge is -2.32. The van der Waals surface area contributed by atoms with Gasteiger partial charge >= 0.3 is 0 Å². The fraction of sp³-hybridized carbons (Fsp3) is 0.286. The highest BCUT2D eigenvalue weighted by atomic mass is 127. The molecule has 202 valence electrons. The van der Waals surface area contributed by atoms with Crippen molar-refractivity contribution in [2.45, 2.75) is 50.7 Å². The fourth-order valence-corrected chi connectivity index (χ4v) is 5.49. The molecule has 0 bridgehead atoms. The first-order chi connectivity index (χ1) is 18.0. The molecule has 0 aliphatic carbocycles. The number of nitrogens with one attached hydrogen (secondary N) is 1. The molecule has 0 unspecified atom stereocenters. The molecule has 1 N–H and O–H groups in total. The highest BCUT2D eigenvalue weighted by molar-refractivity contribution is 14.1. The predicted octanol–water partition coefficient (Wildman–Crippen LogP) is 4.96. The van der Waals surface area contributed by atoms with Gasteiger partial charge in [-0.25, -0.2) is 12.8 Å². The molecular formula is C28H31FIN3O4S. The van der Waals surface area contributed by atoms with Crippen molar-refractivity contribution in [3.8, 4) is 0 Å². The molecule has 3 aromatic rings. The Bertz CT molecular complexity index is 1340. The number of carbonyl (C=O) groups is 2. The summed E-state index contributed by atoms with van der Waals surface area (Å²) in [6, 6.07) is 19.3. The summed E-state index contributed by atoms with van der Waals surface area (Å²) >= 11 is 2.12. The smallest absolute Gasteiger partial charge is 0.264 e. The zero-order chi connectivity index (χ0) is 27.9. The van der Waals surface area contributed by atoms with Gasteiger partial charge < -0.3 is 10.2 Å². The van der Waals surface area contributed by atoms with Crippen LogP contribution in [0.1, 0.15) is 32.8 Å². The quantitative estimate of drug-likeness (QED) is 0.297. The van der Waals surface area contributed by atoms with E-state index in [9.17, 15) is 22.4 Å².